The molecule has 0 radical (unpaired) electrons. The van der Waals surface area contributed by atoms with Crippen molar-refractivity contribution >= 4 is 32.6 Å². The van der Waals surface area contributed by atoms with Gasteiger partial charge in [-0.25, -0.2) is 9.37 Å². The van der Waals surface area contributed by atoms with Crippen LogP contribution in [0.25, 0.3) is 10.2 Å². The second-order valence-electron chi connectivity index (χ2n) is 6.35. The Morgan fingerprint density at radius 2 is 1.89 bits per heavy atom. The highest BCUT2D eigenvalue weighted by molar-refractivity contribution is 7.22. The first-order valence-electron chi connectivity index (χ1n) is 8.97. The first-order valence-corrected chi connectivity index (χ1v) is 9.79. The van der Waals surface area contributed by atoms with Crippen molar-refractivity contribution in [2.24, 2.45) is 0 Å². The Bertz CT molecular complexity index is 950. The number of thiazole rings is 1. The van der Waals surface area contributed by atoms with Gasteiger partial charge in [0.1, 0.15) is 11.6 Å². The third-order valence-corrected chi connectivity index (χ3v) is 5.67. The highest BCUT2D eigenvalue weighted by Crippen LogP contribution is 2.32. The van der Waals surface area contributed by atoms with Crippen molar-refractivity contribution in [3.8, 4) is 5.75 Å². The fourth-order valence-electron chi connectivity index (χ4n) is 3.16. The third-order valence-electron chi connectivity index (χ3n) is 4.59. The van der Waals surface area contributed by atoms with Crippen LogP contribution in [0.4, 0.5) is 9.52 Å². The van der Waals surface area contributed by atoms with Crippen molar-refractivity contribution in [3.05, 3.63) is 53.8 Å². The summed E-state index contributed by atoms with van der Waals surface area (Å²) >= 11 is 1.64. The van der Waals surface area contributed by atoms with Crippen LogP contribution >= 0.6 is 11.3 Å². The molecular weight excluding hydrogens is 365 g/mol. The zero-order valence-corrected chi connectivity index (χ0v) is 15.8. The van der Waals surface area contributed by atoms with E-state index >= 15 is 0 Å². The maximum absolute atomic E-state index is 13.0. The Hall–Kier alpha value is -2.67. The van der Waals surface area contributed by atoms with Crippen LogP contribution in [-0.2, 0) is 0 Å². The number of benzene rings is 2. The molecule has 0 saturated carbocycles. The lowest BCUT2D eigenvalue weighted by Crippen LogP contribution is -2.48. The zero-order valence-electron chi connectivity index (χ0n) is 15.0. The lowest BCUT2D eigenvalue weighted by molar-refractivity contribution is 0.0746. The number of ether oxygens (including phenoxy) is 1. The van der Waals surface area contributed by atoms with E-state index in [0.29, 0.717) is 25.3 Å². The molecule has 0 bridgehead atoms. The number of hydrogen-bond donors (Lipinski definition) is 0. The molecule has 2 heterocycles. The van der Waals surface area contributed by atoms with Gasteiger partial charge in [-0.3, -0.25) is 4.79 Å². The van der Waals surface area contributed by atoms with Crippen LogP contribution in [0.2, 0.25) is 0 Å². The molecule has 0 unspecified atom stereocenters. The minimum atomic E-state index is -0.334. The molecule has 0 aliphatic carbocycles. The molecule has 0 spiro atoms. The van der Waals surface area contributed by atoms with Gasteiger partial charge in [0.15, 0.2) is 5.13 Å². The molecule has 1 fully saturated rings. The maximum atomic E-state index is 13.0. The minimum Gasteiger partial charge on any atom is -0.494 e. The SMILES string of the molecule is CCOc1ccc2nc(N3CCN(C(=O)c4ccc(F)cc4)CC3)sc2c1. The highest BCUT2D eigenvalue weighted by atomic mass is 32.1. The summed E-state index contributed by atoms with van der Waals surface area (Å²) in [4.78, 5) is 21.3. The molecule has 1 aliphatic rings. The molecule has 7 heteroatoms. The molecule has 0 atom stereocenters. The summed E-state index contributed by atoms with van der Waals surface area (Å²) in [6, 6.07) is 11.7. The van der Waals surface area contributed by atoms with E-state index in [9.17, 15) is 9.18 Å². The van der Waals surface area contributed by atoms with E-state index in [4.69, 9.17) is 9.72 Å². The molecule has 2 aromatic carbocycles. The van der Waals surface area contributed by atoms with E-state index in [-0.39, 0.29) is 11.7 Å². The largest absolute Gasteiger partial charge is 0.494 e. The average molecular weight is 385 g/mol. The minimum absolute atomic E-state index is 0.0553. The van der Waals surface area contributed by atoms with Crippen LogP contribution in [0.15, 0.2) is 42.5 Å². The van der Waals surface area contributed by atoms with E-state index < -0.39 is 0 Å². The molecule has 27 heavy (non-hydrogen) atoms. The predicted octanol–water partition coefficient (Wildman–Crippen LogP) is 3.80. The van der Waals surface area contributed by atoms with Gasteiger partial charge >= 0.3 is 0 Å². The molecule has 4 rings (SSSR count). The summed E-state index contributed by atoms with van der Waals surface area (Å²) in [6.07, 6.45) is 0. The monoisotopic (exact) mass is 385 g/mol. The zero-order chi connectivity index (χ0) is 18.8. The average Bonchev–Trinajstić information content (AvgIpc) is 3.12. The summed E-state index contributed by atoms with van der Waals surface area (Å²) in [7, 11) is 0. The summed E-state index contributed by atoms with van der Waals surface area (Å²) in [5, 5.41) is 0.965. The first kappa shape index (κ1) is 17.7. The van der Waals surface area contributed by atoms with Crippen LogP contribution in [0.5, 0.6) is 5.75 Å². The van der Waals surface area contributed by atoms with Crippen LogP contribution in [-0.4, -0.2) is 48.6 Å². The summed E-state index contributed by atoms with van der Waals surface area (Å²) in [5.74, 6) is 0.468. The van der Waals surface area contributed by atoms with Crippen molar-refractivity contribution in [2.45, 2.75) is 6.92 Å². The second kappa shape index (κ2) is 7.52. The van der Waals surface area contributed by atoms with Crippen LogP contribution in [0, 0.1) is 5.82 Å². The van der Waals surface area contributed by atoms with Gasteiger partial charge < -0.3 is 14.5 Å². The fourth-order valence-corrected chi connectivity index (χ4v) is 4.21. The van der Waals surface area contributed by atoms with Crippen LogP contribution in [0.3, 0.4) is 0 Å². The topological polar surface area (TPSA) is 45.7 Å². The first-order chi connectivity index (χ1) is 13.1. The summed E-state index contributed by atoms with van der Waals surface area (Å²) in [5.41, 5.74) is 1.48. The van der Waals surface area contributed by atoms with Crippen molar-refractivity contribution < 1.29 is 13.9 Å². The summed E-state index contributed by atoms with van der Waals surface area (Å²) in [6.45, 7) is 5.30. The van der Waals surface area contributed by atoms with E-state index in [1.165, 1.54) is 24.3 Å². The standard InChI is InChI=1S/C20H20FN3O2S/c1-2-26-16-7-8-17-18(13-16)27-20(22-17)24-11-9-23(10-12-24)19(25)14-3-5-15(21)6-4-14/h3-8,13H,2,9-12H2,1H3. The normalized spacial score (nSPS) is 14.6. The van der Waals surface area contributed by atoms with E-state index in [1.54, 1.807) is 11.3 Å². The van der Waals surface area contributed by atoms with E-state index in [2.05, 4.69) is 4.90 Å². The van der Waals surface area contributed by atoms with Gasteiger partial charge in [-0.05, 0) is 49.4 Å². The number of fused-ring (bicyclic) bond motifs is 1. The number of nitrogens with zero attached hydrogens (tertiary/aromatic N) is 3. The van der Waals surface area contributed by atoms with Crippen molar-refractivity contribution in [3.63, 3.8) is 0 Å². The quantitative estimate of drug-likeness (QED) is 0.685. The molecule has 3 aromatic rings. The molecule has 1 aliphatic heterocycles. The fraction of sp³-hybridized carbons (Fsp3) is 0.300. The van der Waals surface area contributed by atoms with Gasteiger partial charge in [-0.1, -0.05) is 11.3 Å². The number of amides is 1. The number of carbonyl (C=O) groups excluding carboxylic acids is 1. The Labute approximate surface area is 161 Å². The number of hydrogen-bond acceptors (Lipinski definition) is 5. The predicted molar refractivity (Wildman–Crippen MR) is 105 cm³/mol. The number of carbonyl (C=O) groups is 1. The van der Waals surface area contributed by atoms with Crippen molar-refractivity contribution in [2.75, 3.05) is 37.7 Å². The Balaban J connectivity index is 1.43. The Kier molecular flexibility index (Phi) is 4.94. The van der Waals surface area contributed by atoms with Gasteiger partial charge in [0, 0.05) is 31.7 Å². The molecular formula is C20H20FN3O2S. The molecule has 1 aromatic heterocycles. The second-order valence-corrected chi connectivity index (χ2v) is 7.35. The number of aromatic nitrogens is 1. The van der Waals surface area contributed by atoms with Gasteiger partial charge in [0.2, 0.25) is 0 Å². The lowest BCUT2D eigenvalue weighted by atomic mass is 10.2. The van der Waals surface area contributed by atoms with E-state index in [1.807, 2.05) is 30.0 Å². The lowest BCUT2D eigenvalue weighted by Gasteiger charge is -2.34. The van der Waals surface area contributed by atoms with Gasteiger partial charge in [0.05, 0.1) is 16.8 Å². The molecule has 1 amide bonds. The number of anilines is 1. The number of piperazine rings is 1. The maximum Gasteiger partial charge on any atom is 0.253 e. The van der Waals surface area contributed by atoms with Gasteiger partial charge in [0.25, 0.3) is 5.91 Å². The van der Waals surface area contributed by atoms with Crippen molar-refractivity contribution in [1.29, 1.82) is 0 Å². The highest BCUT2D eigenvalue weighted by Gasteiger charge is 2.24. The number of halogens is 1. The third kappa shape index (κ3) is 3.73. The number of rotatable bonds is 4. The molecule has 5 nitrogen and oxygen atoms in total. The molecule has 0 N–H and O–H groups in total. The van der Waals surface area contributed by atoms with Gasteiger partial charge in [-0.15, -0.1) is 0 Å². The smallest absolute Gasteiger partial charge is 0.253 e. The Morgan fingerprint density at radius 1 is 1.15 bits per heavy atom. The Morgan fingerprint density at radius 3 is 2.59 bits per heavy atom. The summed E-state index contributed by atoms with van der Waals surface area (Å²) < 4.78 is 19.7. The molecule has 1 saturated heterocycles. The molecule has 140 valence electrons. The van der Waals surface area contributed by atoms with Crippen LogP contribution in [0.1, 0.15) is 17.3 Å². The van der Waals surface area contributed by atoms with E-state index in [0.717, 1.165) is 34.2 Å². The van der Waals surface area contributed by atoms with Crippen LogP contribution < -0.4 is 9.64 Å². The van der Waals surface area contributed by atoms with Crippen molar-refractivity contribution in [1.82, 2.24) is 9.88 Å². The van der Waals surface area contributed by atoms with Gasteiger partial charge in [-0.2, -0.15) is 0 Å².